The van der Waals surface area contributed by atoms with Gasteiger partial charge in [0.15, 0.2) is 0 Å². The number of hydrogen-bond donors (Lipinski definition) is 2. The minimum absolute atomic E-state index is 0.117. The van der Waals surface area contributed by atoms with Crippen molar-refractivity contribution in [3.63, 3.8) is 0 Å². The van der Waals surface area contributed by atoms with Gasteiger partial charge < -0.3 is 10.2 Å². The van der Waals surface area contributed by atoms with Crippen LogP contribution >= 0.6 is 0 Å². The zero-order valence-corrected chi connectivity index (χ0v) is 13.6. The predicted molar refractivity (Wildman–Crippen MR) is 82.9 cm³/mol. The highest BCUT2D eigenvalue weighted by Gasteiger charge is 2.60. The molecule has 2 N–H and O–H groups in total. The van der Waals surface area contributed by atoms with E-state index < -0.39 is 0 Å². The Labute approximate surface area is 128 Å². The number of β-amino-alcohol motifs (C(OH)–C–C–N with tert-alkyl or cyclic N) is 1. The highest BCUT2D eigenvalue weighted by Crippen LogP contribution is 2.61. The summed E-state index contributed by atoms with van der Waals surface area (Å²) in [5, 5.41) is 21.0. The van der Waals surface area contributed by atoms with E-state index in [4.69, 9.17) is 0 Å². The largest absolute Gasteiger partial charge is 0.393 e. The van der Waals surface area contributed by atoms with Crippen molar-refractivity contribution in [1.82, 2.24) is 4.90 Å². The molecular weight excluding hydrogens is 262 g/mol. The summed E-state index contributed by atoms with van der Waals surface area (Å²) in [5.41, 5.74) is 0.513. The number of hydrogen-bond acceptors (Lipinski definition) is 3. The minimum atomic E-state index is -0.160. The van der Waals surface area contributed by atoms with E-state index in [9.17, 15) is 10.2 Å². The molecule has 4 aliphatic rings. The summed E-state index contributed by atoms with van der Waals surface area (Å²) in [4.78, 5) is 2.50. The van der Waals surface area contributed by atoms with E-state index in [2.05, 4.69) is 18.7 Å². The van der Waals surface area contributed by atoms with Gasteiger partial charge >= 0.3 is 0 Å². The van der Waals surface area contributed by atoms with Gasteiger partial charge in [-0.1, -0.05) is 13.3 Å². The van der Waals surface area contributed by atoms with Gasteiger partial charge in [0.25, 0.3) is 0 Å². The molecule has 0 bridgehead atoms. The fourth-order valence-electron chi connectivity index (χ4n) is 6.84. The summed E-state index contributed by atoms with van der Waals surface area (Å²) in [5.74, 6) is 1.96. The van der Waals surface area contributed by atoms with Gasteiger partial charge in [0.05, 0.1) is 12.2 Å². The van der Waals surface area contributed by atoms with Gasteiger partial charge in [-0.15, -0.1) is 0 Å². The Morgan fingerprint density at radius 1 is 1.05 bits per heavy atom. The molecule has 0 aromatic carbocycles. The molecule has 0 aromatic heterocycles. The van der Waals surface area contributed by atoms with Gasteiger partial charge in [-0.3, -0.25) is 4.90 Å². The molecule has 120 valence electrons. The molecular formula is C18H31NO2. The van der Waals surface area contributed by atoms with E-state index in [0.717, 1.165) is 38.3 Å². The molecule has 2 saturated carbocycles. The first-order valence-electron chi connectivity index (χ1n) is 9.05. The van der Waals surface area contributed by atoms with Gasteiger partial charge in [0, 0.05) is 18.0 Å². The van der Waals surface area contributed by atoms with Gasteiger partial charge in [-0.25, -0.2) is 0 Å². The molecule has 2 heterocycles. The molecule has 7 unspecified atom stereocenters. The van der Waals surface area contributed by atoms with Crippen LogP contribution in [0.25, 0.3) is 0 Å². The van der Waals surface area contributed by atoms with Crippen molar-refractivity contribution in [2.24, 2.45) is 23.2 Å². The van der Waals surface area contributed by atoms with E-state index in [1.807, 2.05) is 0 Å². The lowest BCUT2D eigenvalue weighted by molar-refractivity contribution is -0.173. The summed E-state index contributed by atoms with van der Waals surface area (Å²) in [6.45, 7) is 6.74. The number of piperidine rings is 2. The number of aliphatic hydroxyl groups excluding tert-OH is 2. The minimum Gasteiger partial charge on any atom is -0.393 e. The summed E-state index contributed by atoms with van der Waals surface area (Å²) in [7, 11) is 0. The predicted octanol–water partition coefficient (Wildman–Crippen LogP) is 2.41. The summed E-state index contributed by atoms with van der Waals surface area (Å²) in [6.07, 6.45) is 7.94. The highest BCUT2D eigenvalue weighted by atomic mass is 16.3. The van der Waals surface area contributed by atoms with Crippen molar-refractivity contribution in [3.8, 4) is 0 Å². The number of rotatable bonds is 0. The van der Waals surface area contributed by atoms with Crippen molar-refractivity contribution in [3.05, 3.63) is 0 Å². The van der Waals surface area contributed by atoms with Crippen molar-refractivity contribution in [2.45, 2.75) is 76.5 Å². The zero-order chi connectivity index (χ0) is 14.8. The second-order valence-electron chi connectivity index (χ2n) is 8.90. The third kappa shape index (κ3) is 1.96. The second kappa shape index (κ2) is 4.69. The van der Waals surface area contributed by atoms with Crippen LogP contribution in [0.2, 0.25) is 0 Å². The Kier molecular flexibility index (Phi) is 3.23. The smallest absolute Gasteiger partial charge is 0.0668 e. The first-order valence-corrected chi connectivity index (χ1v) is 9.05. The van der Waals surface area contributed by atoms with Gasteiger partial charge in [-0.05, 0) is 69.2 Å². The van der Waals surface area contributed by atoms with Crippen LogP contribution in [-0.2, 0) is 0 Å². The average molecular weight is 293 g/mol. The van der Waals surface area contributed by atoms with Crippen LogP contribution in [0, 0.1) is 23.2 Å². The Bertz CT molecular complexity index is 427. The fraction of sp³-hybridized carbons (Fsp3) is 1.00. The molecule has 2 aliphatic heterocycles. The lowest BCUT2D eigenvalue weighted by Crippen LogP contribution is -2.68. The van der Waals surface area contributed by atoms with Gasteiger partial charge in [0.1, 0.15) is 0 Å². The van der Waals surface area contributed by atoms with Crippen molar-refractivity contribution in [1.29, 1.82) is 0 Å². The van der Waals surface area contributed by atoms with Crippen LogP contribution in [0.3, 0.4) is 0 Å². The van der Waals surface area contributed by atoms with Crippen molar-refractivity contribution >= 4 is 0 Å². The lowest BCUT2D eigenvalue weighted by Gasteiger charge is -2.63. The first kappa shape index (κ1) is 14.5. The fourth-order valence-corrected chi connectivity index (χ4v) is 6.84. The molecule has 7 atom stereocenters. The van der Waals surface area contributed by atoms with Gasteiger partial charge in [-0.2, -0.15) is 0 Å². The lowest BCUT2D eigenvalue weighted by atomic mass is 9.52. The topological polar surface area (TPSA) is 43.7 Å². The normalized spacial score (nSPS) is 57.4. The van der Waals surface area contributed by atoms with Crippen LogP contribution in [0.15, 0.2) is 0 Å². The molecule has 4 rings (SSSR count). The highest BCUT2D eigenvalue weighted by molar-refractivity contribution is 5.12. The molecule has 0 amide bonds. The number of aliphatic hydroxyl groups is 2. The van der Waals surface area contributed by atoms with Crippen LogP contribution in [0.1, 0.15) is 58.8 Å². The van der Waals surface area contributed by atoms with Crippen LogP contribution in [0.4, 0.5) is 0 Å². The maximum atomic E-state index is 11.0. The monoisotopic (exact) mass is 293 g/mol. The van der Waals surface area contributed by atoms with Crippen LogP contribution in [0.5, 0.6) is 0 Å². The molecule has 21 heavy (non-hydrogen) atoms. The van der Waals surface area contributed by atoms with E-state index in [0.29, 0.717) is 17.3 Å². The maximum Gasteiger partial charge on any atom is 0.0668 e. The second-order valence-corrected chi connectivity index (χ2v) is 8.90. The summed E-state index contributed by atoms with van der Waals surface area (Å²) in [6, 6.07) is 0. The first-order chi connectivity index (χ1) is 9.94. The molecule has 4 fully saturated rings. The Balaban J connectivity index is 1.67. The molecule has 0 spiro atoms. The molecule has 3 nitrogen and oxygen atoms in total. The van der Waals surface area contributed by atoms with Gasteiger partial charge in [0.2, 0.25) is 0 Å². The molecule has 2 aliphatic carbocycles. The third-order valence-corrected chi connectivity index (χ3v) is 7.81. The van der Waals surface area contributed by atoms with E-state index >= 15 is 0 Å². The standard InChI is InChI=1S/C18H31NO2/c1-17-7-3-4-14(17)13-6-9-19-11-12(20)5-8-18(19,2)16(13)15(21)10-17/h12-16,20-21H,3-11H2,1-2H3. The SMILES string of the molecule is CC12CCCC1C1CCN3CC(O)CCC3(C)C1C(O)C2. The Hall–Kier alpha value is -0.120. The maximum absolute atomic E-state index is 11.0. The summed E-state index contributed by atoms with van der Waals surface area (Å²) >= 11 is 0. The zero-order valence-electron chi connectivity index (χ0n) is 13.6. The quantitative estimate of drug-likeness (QED) is 0.721. The van der Waals surface area contributed by atoms with Crippen LogP contribution in [-0.4, -0.2) is 45.9 Å². The molecule has 0 aromatic rings. The Morgan fingerprint density at radius 2 is 1.86 bits per heavy atom. The van der Waals surface area contributed by atoms with E-state index in [-0.39, 0.29) is 17.7 Å². The molecule has 0 radical (unpaired) electrons. The number of fused-ring (bicyclic) bond motifs is 5. The Morgan fingerprint density at radius 3 is 2.67 bits per heavy atom. The van der Waals surface area contributed by atoms with Crippen LogP contribution < -0.4 is 0 Å². The molecule has 3 heteroatoms. The summed E-state index contributed by atoms with van der Waals surface area (Å²) < 4.78 is 0. The third-order valence-electron chi connectivity index (χ3n) is 7.81. The number of nitrogens with zero attached hydrogens (tertiary/aromatic N) is 1. The van der Waals surface area contributed by atoms with E-state index in [1.165, 1.54) is 25.7 Å². The van der Waals surface area contributed by atoms with Crippen molar-refractivity contribution < 1.29 is 10.2 Å². The van der Waals surface area contributed by atoms with E-state index in [1.54, 1.807) is 0 Å². The van der Waals surface area contributed by atoms with Crippen molar-refractivity contribution in [2.75, 3.05) is 13.1 Å². The molecule has 2 saturated heterocycles. The average Bonchev–Trinajstić information content (AvgIpc) is 2.80.